The number of carbonyl (C=O) groups is 1. The van der Waals surface area contributed by atoms with Gasteiger partial charge in [-0.25, -0.2) is 0 Å². The van der Waals surface area contributed by atoms with Crippen LogP contribution in [0.1, 0.15) is 15.9 Å². The topological polar surface area (TPSA) is 26.3 Å². The van der Waals surface area contributed by atoms with Crippen molar-refractivity contribution in [3.05, 3.63) is 62.0 Å². The van der Waals surface area contributed by atoms with Crippen molar-refractivity contribution in [1.82, 2.24) is 0 Å². The second-order valence-electron chi connectivity index (χ2n) is 3.84. The van der Waals surface area contributed by atoms with E-state index in [0.29, 0.717) is 28.0 Å². The number of halogens is 3. The SMILES string of the molecule is O=Cc1cc(OCc2ccc(Cl)c(Cl)c2)ccc1Br. The lowest BCUT2D eigenvalue weighted by Gasteiger charge is -2.08. The lowest BCUT2D eigenvalue weighted by molar-refractivity contribution is 0.112. The van der Waals surface area contributed by atoms with E-state index in [2.05, 4.69) is 15.9 Å². The molecule has 0 bridgehead atoms. The molecule has 2 aromatic rings. The Labute approximate surface area is 129 Å². The van der Waals surface area contributed by atoms with Gasteiger partial charge in [-0.3, -0.25) is 4.79 Å². The highest BCUT2D eigenvalue weighted by molar-refractivity contribution is 9.10. The van der Waals surface area contributed by atoms with Crippen molar-refractivity contribution in [1.29, 1.82) is 0 Å². The maximum Gasteiger partial charge on any atom is 0.151 e. The minimum Gasteiger partial charge on any atom is -0.489 e. The third-order valence-corrected chi connectivity index (χ3v) is 3.95. The Morgan fingerprint density at radius 1 is 1.11 bits per heavy atom. The monoisotopic (exact) mass is 358 g/mol. The molecule has 0 aliphatic rings. The van der Waals surface area contributed by atoms with Gasteiger partial charge in [-0.05, 0) is 35.9 Å². The third kappa shape index (κ3) is 3.72. The first kappa shape index (κ1) is 14.4. The summed E-state index contributed by atoms with van der Waals surface area (Å²) in [5.41, 5.74) is 1.46. The molecule has 2 nitrogen and oxygen atoms in total. The van der Waals surface area contributed by atoms with Gasteiger partial charge in [0.2, 0.25) is 0 Å². The Hall–Kier alpha value is -1.03. The summed E-state index contributed by atoms with van der Waals surface area (Å²) in [6.45, 7) is 0.358. The van der Waals surface area contributed by atoms with E-state index in [1.165, 1.54) is 0 Å². The van der Waals surface area contributed by atoms with Crippen molar-refractivity contribution in [2.45, 2.75) is 6.61 Å². The number of carbonyl (C=O) groups excluding carboxylic acids is 1. The Kier molecular flexibility index (Phi) is 4.86. The average Bonchev–Trinajstić information content (AvgIpc) is 2.41. The Morgan fingerprint density at radius 3 is 2.58 bits per heavy atom. The molecule has 0 amide bonds. The Morgan fingerprint density at radius 2 is 1.89 bits per heavy atom. The van der Waals surface area contributed by atoms with Gasteiger partial charge in [0, 0.05) is 10.0 Å². The van der Waals surface area contributed by atoms with Gasteiger partial charge in [0.15, 0.2) is 6.29 Å². The number of hydrogen-bond acceptors (Lipinski definition) is 2. The van der Waals surface area contributed by atoms with E-state index < -0.39 is 0 Å². The molecule has 0 spiro atoms. The van der Waals surface area contributed by atoms with Crippen LogP contribution < -0.4 is 4.74 Å². The molecule has 5 heteroatoms. The Bertz CT molecular complexity index is 614. The minimum atomic E-state index is 0.358. The van der Waals surface area contributed by atoms with E-state index in [-0.39, 0.29) is 0 Å². The predicted octanol–water partition coefficient (Wildman–Crippen LogP) is 5.15. The second kappa shape index (κ2) is 6.42. The molecule has 19 heavy (non-hydrogen) atoms. The molecule has 0 aliphatic carbocycles. The summed E-state index contributed by atoms with van der Waals surface area (Å²) in [5.74, 6) is 0.622. The molecule has 0 saturated carbocycles. The zero-order valence-corrected chi connectivity index (χ0v) is 12.8. The van der Waals surface area contributed by atoms with Crippen molar-refractivity contribution in [3.63, 3.8) is 0 Å². The maximum absolute atomic E-state index is 10.8. The molecule has 0 aliphatic heterocycles. The van der Waals surface area contributed by atoms with Crippen molar-refractivity contribution < 1.29 is 9.53 Å². The first-order chi connectivity index (χ1) is 9.10. The smallest absolute Gasteiger partial charge is 0.151 e. The van der Waals surface area contributed by atoms with Gasteiger partial charge in [-0.1, -0.05) is 45.2 Å². The van der Waals surface area contributed by atoms with Gasteiger partial charge in [-0.2, -0.15) is 0 Å². The highest BCUT2D eigenvalue weighted by Gasteiger charge is 2.03. The lowest BCUT2D eigenvalue weighted by Crippen LogP contribution is -1.96. The molecule has 0 heterocycles. The first-order valence-electron chi connectivity index (χ1n) is 5.41. The lowest BCUT2D eigenvalue weighted by atomic mass is 10.2. The summed E-state index contributed by atoms with van der Waals surface area (Å²) < 4.78 is 6.34. The summed E-state index contributed by atoms with van der Waals surface area (Å²) in [6, 6.07) is 10.6. The van der Waals surface area contributed by atoms with Gasteiger partial charge in [-0.15, -0.1) is 0 Å². The molecular weight excluding hydrogens is 351 g/mol. The summed E-state index contributed by atoms with van der Waals surface area (Å²) in [4.78, 5) is 10.8. The van der Waals surface area contributed by atoms with Crippen LogP contribution in [0.2, 0.25) is 10.0 Å². The number of hydrogen-bond donors (Lipinski definition) is 0. The highest BCUT2D eigenvalue weighted by Crippen LogP contribution is 2.25. The molecule has 2 rings (SSSR count). The van der Waals surface area contributed by atoms with Crippen molar-refractivity contribution in [3.8, 4) is 5.75 Å². The van der Waals surface area contributed by atoms with Crippen LogP contribution in [-0.2, 0) is 6.61 Å². The molecule has 2 aromatic carbocycles. The largest absolute Gasteiger partial charge is 0.489 e. The van der Waals surface area contributed by atoms with Crippen LogP contribution in [0.15, 0.2) is 40.9 Å². The fourth-order valence-corrected chi connectivity index (χ4v) is 2.16. The number of aldehydes is 1. The zero-order chi connectivity index (χ0) is 13.8. The molecular formula is C14H9BrCl2O2. The molecule has 0 fully saturated rings. The average molecular weight is 360 g/mol. The van der Waals surface area contributed by atoms with Crippen LogP contribution in [0.25, 0.3) is 0 Å². The van der Waals surface area contributed by atoms with Crippen molar-refractivity contribution >= 4 is 45.4 Å². The number of benzene rings is 2. The minimum absolute atomic E-state index is 0.358. The van der Waals surface area contributed by atoms with Crippen LogP contribution in [0.4, 0.5) is 0 Å². The standard InChI is InChI=1S/C14H9BrCl2O2/c15-12-3-2-11(6-10(12)7-18)19-8-9-1-4-13(16)14(17)5-9/h1-7H,8H2. The molecule has 0 atom stereocenters. The van der Waals surface area contributed by atoms with Crippen molar-refractivity contribution in [2.75, 3.05) is 0 Å². The maximum atomic E-state index is 10.8. The number of ether oxygens (including phenoxy) is 1. The summed E-state index contributed by atoms with van der Waals surface area (Å²) in [7, 11) is 0. The third-order valence-electron chi connectivity index (χ3n) is 2.48. The van der Waals surface area contributed by atoms with Gasteiger partial charge >= 0.3 is 0 Å². The second-order valence-corrected chi connectivity index (χ2v) is 5.51. The van der Waals surface area contributed by atoms with Gasteiger partial charge in [0.25, 0.3) is 0 Å². The van der Waals surface area contributed by atoms with E-state index in [9.17, 15) is 4.79 Å². The van der Waals surface area contributed by atoms with Crippen LogP contribution in [0.3, 0.4) is 0 Å². The van der Waals surface area contributed by atoms with Crippen LogP contribution in [-0.4, -0.2) is 6.29 Å². The van der Waals surface area contributed by atoms with Gasteiger partial charge in [0.1, 0.15) is 12.4 Å². The van der Waals surface area contributed by atoms with Crippen molar-refractivity contribution in [2.24, 2.45) is 0 Å². The van der Waals surface area contributed by atoms with Gasteiger partial charge in [0.05, 0.1) is 10.0 Å². The van der Waals surface area contributed by atoms with E-state index in [0.717, 1.165) is 16.3 Å². The van der Waals surface area contributed by atoms with E-state index in [1.54, 1.807) is 30.3 Å². The molecule has 0 N–H and O–H groups in total. The summed E-state index contributed by atoms with van der Waals surface area (Å²) in [6.07, 6.45) is 0.774. The normalized spacial score (nSPS) is 10.3. The van der Waals surface area contributed by atoms with Gasteiger partial charge < -0.3 is 4.74 Å². The fourth-order valence-electron chi connectivity index (χ4n) is 1.50. The zero-order valence-electron chi connectivity index (χ0n) is 9.70. The molecule has 0 radical (unpaired) electrons. The predicted molar refractivity (Wildman–Crippen MR) is 80.3 cm³/mol. The van der Waals surface area contributed by atoms with Crippen LogP contribution in [0.5, 0.6) is 5.75 Å². The summed E-state index contributed by atoms with van der Waals surface area (Å²) >= 11 is 15.0. The summed E-state index contributed by atoms with van der Waals surface area (Å²) in [5, 5.41) is 1.00. The van der Waals surface area contributed by atoms with Crippen LogP contribution >= 0.6 is 39.1 Å². The molecule has 0 saturated heterocycles. The van der Waals surface area contributed by atoms with E-state index in [4.69, 9.17) is 27.9 Å². The first-order valence-corrected chi connectivity index (χ1v) is 6.96. The number of rotatable bonds is 4. The quantitative estimate of drug-likeness (QED) is 0.706. The Balaban J connectivity index is 2.09. The molecule has 98 valence electrons. The molecule has 0 unspecified atom stereocenters. The van der Waals surface area contributed by atoms with Crippen LogP contribution in [0, 0.1) is 0 Å². The molecule has 0 aromatic heterocycles. The highest BCUT2D eigenvalue weighted by atomic mass is 79.9. The van der Waals surface area contributed by atoms with E-state index in [1.807, 2.05) is 6.07 Å². The van der Waals surface area contributed by atoms with E-state index >= 15 is 0 Å². The fraction of sp³-hybridized carbons (Fsp3) is 0.0714.